The fourth-order valence-corrected chi connectivity index (χ4v) is 1.09. The molecule has 13 heavy (non-hydrogen) atoms. The summed E-state index contributed by atoms with van der Waals surface area (Å²) in [5, 5.41) is 2.60. The van der Waals surface area contributed by atoms with Gasteiger partial charge in [0.2, 0.25) is 0 Å². The Morgan fingerprint density at radius 3 is 2.62 bits per heavy atom. The van der Waals surface area contributed by atoms with Crippen LogP contribution >= 0.6 is 0 Å². The third-order valence-corrected chi connectivity index (χ3v) is 1.56. The summed E-state index contributed by atoms with van der Waals surface area (Å²) in [5.74, 6) is 0.555. The van der Waals surface area contributed by atoms with Gasteiger partial charge in [0.25, 0.3) is 0 Å². The molecule has 1 atom stereocenters. The van der Waals surface area contributed by atoms with E-state index in [2.05, 4.69) is 19.2 Å². The number of rotatable bonds is 5. The summed E-state index contributed by atoms with van der Waals surface area (Å²) in [4.78, 5) is 10.8. The van der Waals surface area contributed by atoms with Crippen molar-refractivity contribution < 1.29 is 9.53 Å². The first-order valence-electron chi connectivity index (χ1n) is 4.72. The molecule has 0 heterocycles. The lowest BCUT2D eigenvalue weighted by Crippen LogP contribution is -2.38. The van der Waals surface area contributed by atoms with Crippen LogP contribution in [0.3, 0.4) is 0 Å². The molecule has 0 fully saturated rings. The van der Waals surface area contributed by atoms with E-state index in [1.165, 1.54) is 0 Å². The van der Waals surface area contributed by atoms with Crippen molar-refractivity contribution in [2.24, 2.45) is 11.7 Å². The number of amides is 1. The van der Waals surface area contributed by atoms with Gasteiger partial charge in [0.1, 0.15) is 0 Å². The van der Waals surface area contributed by atoms with E-state index in [1.54, 1.807) is 6.92 Å². The van der Waals surface area contributed by atoms with Gasteiger partial charge in [-0.05, 0) is 19.3 Å². The zero-order valence-electron chi connectivity index (χ0n) is 8.67. The average molecular weight is 188 g/mol. The van der Waals surface area contributed by atoms with Crippen LogP contribution in [-0.4, -0.2) is 25.3 Å². The maximum Gasteiger partial charge on any atom is 0.407 e. The minimum Gasteiger partial charge on any atom is -0.450 e. The topological polar surface area (TPSA) is 64.3 Å². The summed E-state index contributed by atoms with van der Waals surface area (Å²) in [6, 6.07) is 0.0180. The van der Waals surface area contributed by atoms with Crippen molar-refractivity contribution in [1.82, 2.24) is 5.32 Å². The second-order valence-electron chi connectivity index (χ2n) is 3.49. The van der Waals surface area contributed by atoms with Crippen LogP contribution in [0.2, 0.25) is 0 Å². The Morgan fingerprint density at radius 1 is 1.54 bits per heavy atom. The van der Waals surface area contributed by atoms with Crippen LogP contribution in [0.25, 0.3) is 0 Å². The lowest BCUT2D eigenvalue weighted by atomic mass is 10.0. The summed E-state index contributed by atoms with van der Waals surface area (Å²) in [7, 11) is 0. The van der Waals surface area contributed by atoms with Crippen molar-refractivity contribution in [1.29, 1.82) is 0 Å². The molecule has 0 saturated carbocycles. The van der Waals surface area contributed by atoms with Crippen LogP contribution in [0.5, 0.6) is 0 Å². The molecule has 0 aliphatic rings. The minimum atomic E-state index is -0.387. The molecule has 0 saturated heterocycles. The lowest BCUT2D eigenvalue weighted by molar-refractivity contribution is 0.151. The Balaban J connectivity index is 3.45. The first kappa shape index (κ1) is 12.2. The van der Waals surface area contributed by atoms with Gasteiger partial charge in [-0.3, -0.25) is 0 Å². The standard InChI is InChI=1S/C9H20N2O2/c1-4-13-9(12)11-6-8(10)5-7(2)3/h7-8H,4-6,10H2,1-3H3,(H,11,12). The predicted octanol–water partition coefficient (Wildman–Crippen LogP) is 1.11. The number of carbonyl (C=O) groups excluding carboxylic acids is 1. The third kappa shape index (κ3) is 7.59. The zero-order chi connectivity index (χ0) is 10.3. The number of hydrogen-bond acceptors (Lipinski definition) is 3. The first-order valence-corrected chi connectivity index (χ1v) is 4.72. The quantitative estimate of drug-likeness (QED) is 0.679. The molecular weight excluding hydrogens is 168 g/mol. The molecule has 0 rings (SSSR count). The molecule has 0 bridgehead atoms. The second-order valence-corrected chi connectivity index (χ2v) is 3.49. The Hall–Kier alpha value is -0.770. The Bertz CT molecular complexity index is 149. The molecule has 0 radical (unpaired) electrons. The monoisotopic (exact) mass is 188 g/mol. The molecule has 4 heteroatoms. The van der Waals surface area contributed by atoms with Gasteiger partial charge in [0.05, 0.1) is 6.61 Å². The predicted molar refractivity (Wildman–Crippen MR) is 52.5 cm³/mol. The summed E-state index contributed by atoms with van der Waals surface area (Å²) >= 11 is 0. The Kier molecular flexibility index (Phi) is 6.32. The van der Waals surface area contributed by atoms with E-state index in [1.807, 2.05) is 0 Å². The normalized spacial score (nSPS) is 12.7. The van der Waals surface area contributed by atoms with Crippen molar-refractivity contribution in [3.63, 3.8) is 0 Å². The molecule has 3 N–H and O–H groups in total. The van der Waals surface area contributed by atoms with Crippen LogP contribution in [0.4, 0.5) is 4.79 Å². The molecular formula is C9H20N2O2. The lowest BCUT2D eigenvalue weighted by Gasteiger charge is -2.14. The number of nitrogens with two attached hydrogens (primary N) is 1. The maximum absolute atomic E-state index is 10.8. The van der Waals surface area contributed by atoms with Gasteiger partial charge in [-0.25, -0.2) is 4.79 Å². The van der Waals surface area contributed by atoms with E-state index >= 15 is 0 Å². The molecule has 78 valence electrons. The highest BCUT2D eigenvalue weighted by molar-refractivity contribution is 5.67. The highest BCUT2D eigenvalue weighted by atomic mass is 16.5. The van der Waals surface area contributed by atoms with E-state index in [9.17, 15) is 4.79 Å². The number of nitrogens with one attached hydrogen (secondary N) is 1. The van der Waals surface area contributed by atoms with E-state index in [-0.39, 0.29) is 12.1 Å². The van der Waals surface area contributed by atoms with Crippen molar-refractivity contribution >= 4 is 6.09 Å². The van der Waals surface area contributed by atoms with Crippen LogP contribution < -0.4 is 11.1 Å². The Labute approximate surface area is 79.8 Å². The fourth-order valence-electron chi connectivity index (χ4n) is 1.09. The highest BCUT2D eigenvalue weighted by Crippen LogP contribution is 2.01. The van der Waals surface area contributed by atoms with Crippen LogP contribution in [0, 0.1) is 5.92 Å². The summed E-state index contributed by atoms with van der Waals surface area (Å²) in [5.41, 5.74) is 5.75. The van der Waals surface area contributed by atoms with Gasteiger partial charge in [0, 0.05) is 12.6 Å². The van der Waals surface area contributed by atoms with Crippen molar-refractivity contribution in [3.05, 3.63) is 0 Å². The van der Waals surface area contributed by atoms with Gasteiger partial charge in [-0.15, -0.1) is 0 Å². The second kappa shape index (κ2) is 6.71. The molecule has 0 aromatic rings. The largest absolute Gasteiger partial charge is 0.450 e. The van der Waals surface area contributed by atoms with E-state index in [0.29, 0.717) is 19.1 Å². The summed E-state index contributed by atoms with van der Waals surface area (Å²) in [6.07, 6.45) is 0.522. The number of carbonyl (C=O) groups is 1. The van der Waals surface area contributed by atoms with Gasteiger partial charge in [0.15, 0.2) is 0 Å². The number of ether oxygens (including phenoxy) is 1. The van der Waals surface area contributed by atoms with Gasteiger partial charge in [-0.2, -0.15) is 0 Å². The fraction of sp³-hybridized carbons (Fsp3) is 0.889. The van der Waals surface area contributed by atoms with Crippen molar-refractivity contribution in [2.75, 3.05) is 13.2 Å². The smallest absolute Gasteiger partial charge is 0.407 e. The SMILES string of the molecule is CCOC(=O)NCC(N)CC(C)C. The van der Waals surface area contributed by atoms with Gasteiger partial charge in [-0.1, -0.05) is 13.8 Å². The van der Waals surface area contributed by atoms with E-state index < -0.39 is 0 Å². The number of hydrogen-bond donors (Lipinski definition) is 2. The third-order valence-electron chi connectivity index (χ3n) is 1.56. The molecule has 0 aromatic carbocycles. The van der Waals surface area contributed by atoms with E-state index in [4.69, 9.17) is 10.5 Å². The summed E-state index contributed by atoms with van der Waals surface area (Å²) < 4.78 is 4.69. The zero-order valence-corrected chi connectivity index (χ0v) is 8.67. The van der Waals surface area contributed by atoms with Gasteiger partial charge < -0.3 is 15.8 Å². The average Bonchev–Trinajstić information content (AvgIpc) is 2.00. The first-order chi connectivity index (χ1) is 6.06. The molecule has 1 unspecified atom stereocenters. The van der Waals surface area contributed by atoms with Crippen LogP contribution in [0.1, 0.15) is 27.2 Å². The van der Waals surface area contributed by atoms with E-state index in [0.717, 1.165) is 6.42 Å². The minimum absolute atomic E-state index is 0.0180. The summed E-state index contributed by atoms with van der Waals surface area (Å²) in [6.45, 7) is 6.85. The molecule has 0 spiro atoms. The molecule has 0 aliphatic heterocycles. The van der Waals surface area contributed by atoms with Crippen molar-refractivity contribution in [3.8, 4) is 0 Å². The number of alkyl carbamates (subject to hydrolysis) is 1. The van der Waals surface area contributed by atoms with Gasteiger partial charge >= 0.3 is 6.09 Å². The molecule has 4 nitrogen and oxygen atoms in total. The Morgan fingerprint density at radius 2 is 2.15 bits per heavy atom. The van der Waals surface area contributed by atoms with Crippen molar-refractivity contribution in [2.45, 2.75) is 33.2 Å². The highest BCUT2D eigenvalue weighted by Gasteiger charge is 2.07. The van der Waals surface area contributed by atoms with Crippen LogP contribution in [0.15, 0.2) is 0 Å². The molecule has 1 amide bonds. The van der Waals surface area contributed by atoms with Crippen LogP contribution in [-0.2, 0) is 4.74 Å². The maximum atomic E-state index is 10.8. The molecule has 0 aromatic heterocycles. The molecule has 0 aliphatic carbocycles.